The molecule has 0 aromatic carbocycles. The Hall–Kier alpha value is -1.30. The van der Waals surface area contributed by atoms with Crippen molar-refractivity contribution >= 4 is 23.3 Å². The lowest BCUT2D eigenvalue weighted by Gasteiger charge is -2.12. The number of pyridine rings is 1. The summed E-state index contributed by atoms with van der Waals surface area (Å²) in [4.78, 5) is 13.6. The van der Waals surface area contributed by atoms with Crippen LogP contribution in [0.2, 0.25) is 0 Å². The first-order chi connectivity index (χ1) is 7.13. The maximum atomic E-state index is 10.4. The van der Waals surface area contributed by atoms with E-state index in [9.17, 15) is 10.1 Å². The van der Waals surface area contributed by atoms with Crippen molar-refractivity contribution in [2.45, 2.75) is 13.0 Å². The normalized spacial score (nSPS) is 12.1. The van der Waals surface area contributed by atoms with Gasteiger partial charge in [-0.2, -0.15) is 11.8 Å². The fourth-order valence-electron chi connectivity index (χ4n) is 1.16. The molecule has 0 aliphatic carbocycles. The number of hydrogen-bond donors (Lipinski definition) is 1. The van der Waals surface area contributed by atoms with E-state index in [1.165, 1.54) is 12.3 Å². The summed E-state index contributed by atoms with van der Waals surface area (Å²) in [5.41, 5.74) is 0.808. The van der Waals surface area contributed by atoms with Crippen molar-refractivity contribution in [3.63, 3.8) is 0 Å². The quantitative estimate of drug-likeness (QED) is 0.616. The molecule has 0 saturated heterocycles. The van der Waals surface area contributed by atoms with Gasteiger partial charge in [0.05, 0.1) is 5.69 Å². The predicted octanol–water partition coefficient (Wildman–Crippen LogP) is 2.15. The van der Waals surface area contributed by atoms with Crippen LogP contribution >= 0.6 is 11.8 Å². The van der Waals surface area contributed by atoms with Crippen molar-refractivity contribution in [1.29, 1.82) is 0 Å². The molecule has 0 aliphatic rings. The first kappa shape index (κ1) is 11.8. The fraction of sp³-hybridized carbons (Fsp3) is 0.444. The molecule has 15 heavy (non-hydrogen) atoms. The van der Waals surface area contributed by atoms with Crippen LogP contribution in [0.3, 0.4) is 0 Å². The van der Waals surface area contributed by atoms with Crippen LogP contribution in [0.4, 0.5) is 11.5 Å². The highest BCUT2D eigenvalue weighted by Crippen LogP contribution is 2.13. The zero-order valence-electron chi connectivity index (χ0n) is 8.64. The number of nitrogens with one attached hydrogen (secondary N) is 1. The third kappa shape index (κ3) is 3.75. The molecule has 0 radical (unpaired) electrons. The summed E-state index contributed by atoms with van der Waals surface area (Å²) in [6.45, 7) is 2.05. The van der Waals surface area contributed by atoms with Gasteiger partial charge in [0.15, 0.2) is 6.20 Å². The lowest BCUT2D eigenvalue weighted by atomic mass is 10.3. The maximum Gasteiger partial charge on any atom is 0.363 e. The maximum absolute atomic E-state index is 10.4. The van der Waals surface area contributed by atoms with E-state index in [0.717, 1.165) is 11.4 Å². The van der Waals surface area contributed by atoms with E-state index in [-0.39, 0.29) is 5.82 Å². The SMILES string of the molecule is CSCC(C)Nc1ccc([N+](=O)[O-])nc1. The number of nitrogens with zero attached hydrogens (tertiary/aromatic N) is 2. The first-order valence-electron chi connectivity index (χ1n) is 4.49. The summed E-state index contributed by atoms with van der Waals surface area (Å²) in [5.74, 6) is 0.856. The Bertz CT molecular complexity index is 329. The molecular formula is C9H13N3O2S. The van der Waals surface area contributed by atoms with Gasteiger partial charge in [0.2, 0.25) is 0 Å². The van der Waals surface area contributed by atoms with Crippen molar-refractivity contribution in [2.24, 2.45) is 0 Å². The third-order valence-electron chi connectivity index (χ3n) is 1.76. The Kier molecular flexibility index (Phi) is 4.36. The lowest BCUT2D eigenvalue weighted by molar-refractivity contribution is -0.389. The molecule has 0 saturated carbocycles. The predicted molar refractivity (Wildman–Crippen MR) is 62.4 cm³/mol. The lowest BCUT2D eigenvalue weighted by Crippen LogP contribution is -2.17. The Morgan fingerprint density at radius 3 is 2.87 bits per heavy atom. The largest absolute Gasteiger partial charge is 0.379 e. The second-order valence-electron chi connectivity index (χ2n) is 3.16. The average molecular weight is 227 g/mol. The Labute approximate surface area is 92.4 Å². The van der Waals surface area contributed by atoms with Crippen molar-refractivity contribution in [3.05, 3.63) is 28.4 Å². The fourth-order valence-corrected chi connectivity index (χ4v) is 1.74. The number of rotatable bonds is 5. The molecule has 0 spiro atoms. The molecule has 1 rings (SSSR count). The topological polar surface area (TPSA) is 68.1 Å². The molecular weight excluding hydrogens is 214 g/mol. The molecule has 5 nitrogen and oxygen atoms in total. The van der Waals surface area contributed by atoms with Gasteiger partial charge >= 0.3 is 5.82 Å². The van der Waals surface area contributed by atoms with Crippen LogP contribution in [-0.4, -0.2) is 28.0 Å². The summed E-state index contributed by atoms with van der Waals surface area (Å²) in [7, 11) is 0. The van der Waals surface area contributed by atoms with Crippen molar-refractivity contribution in [3.8, 4) is 0 Å². The molecule has 6 heteroatoms. The van der Waals surface area contributed by atoms with Crippen LogP contribution in [0.25, 0.3) is 0 Å². The zero-order chi connectivity index (χ0) is 11.3. The highest BCUT2D eigenvalue weighted by Gasteiger charge is 2.07. The molecule has 82 valence electrons. The monoisotopic (exact) mass is 227 g/mol. The van der Waals surface area contributed by atoms with E-state index < -0.39 is 4.92 Å². The van der Waals surface area contributed by atoms with Gasteiger partial charge < -0.3 is 15.4 Å². The Balaban J connectivity index is 2.60. The van der Waals surface area contributed by atoms with Crippen LogP contribution in [0.1, 0.15) is 6.92 Å². The van der Waals surface area contributed by atoms with E-state index >= 15 is 0 Å². The number of aromatic nitrogens is 1. The summed E-state index contributed by atoms with van der Waals surface area (Å²) in [5, 5.41) is 13.6. The van der Waals surface area contributed by atoms with E-state index in [1.54, 1.807) is 17.8 Å². The molecule has 0 bridgehead atoms. The molecule has 0 fully saturated rings. The summed E-state index contributed by atoms with van der Waals surface area (Å²) in [6.07, 6.45) is 3.52. The second-order valence-corrected chi connectivity index (χ2v) is 4.07. The van der Waals surface area contributed by atoms with E-state index in [0.29, 0.717) is 6.04 Å². The first-order valence-corrected chi connectivity index (χ1v) is 5.88. The Morgan fingerprint density at radius 1 is 1.67 bits per heavy atom. The highest BCUT2D eigenvalue weighted by atomic mass is 32.2. The highest BCUT2D eigenvalue weighted by molar-refractivity contribution is 7.98. The van der Waals surface area contributed by atoms with Crippen molar-refractivity contribution in [2.75, 3.05) is 17.3 Å². The van der Waals surface area contributed by atoms with Crippen molar-refractivity contribution < 1.29 is 4.92 Å². The molecule has 1 heterocycles. The van der Waals surface area contributed by atoms with Gasteiger partial charge in [0, 0.05) is 17.9 Å². The molecule has 0 aliphatic heterocycles. The number of hydrogen-bond acceptors (Lipinski definition) is 5. The minimum Gasteiger partial charge on any atom is -0.379 e. The molecule has 1 atom stereocenters. The number of nitro groups is 1. The van der Waals surface area contributed by atoms with Gasteiger partial charge in [-0.3, -0.25) is 0 Å². The molecule has 0 amide bonds. The molecule has 1 aromatic rings. The van der Waals surface area contributed by atoms with Gasteiger partial charge in [0.1, 0.15) is 0 Å². The summed E-state index contributed by atoms with van der Waals surface area (Å²) < 4.78 is 0. The molecule has 1 aromatic heterocycles. The van der Waals surface area contributed by atoms with E-state index in [1.807, 2.05) is 6.26 Å². The number of anilines is 1. The summed E-state index contributed by atoms with van der Waals surface area (Å²) >= 11 is 1.75. The second kappa shape index (κ2) is 5.55. The van der Waals surface area contributed by atoms with Gasteiger partial charge in [0.25, 0.3) is 0 Å². The number of thioether (sulfide) groups is 1. The minimum absolute atomic E-state index is 0.127. The van der Waals surface area contributed by atoms with Gasteiger partial charge in [-0.15, -0.1) is 0 Å². The van der Waals surface area contributed by atoms with Gasteiger partial charge in [-0.25, -0.2) is 0 Å². The Morgan fingerprint density at radius 2 is 2.40 bits per heavy atom. The van der Waals surface area contributed by atoms with Crippen molar-refractivity contribution in [1.82, 2.24) is 4.98 Å². The third-order valence-corrected chi connectivity index (χ3v) is 2.60. The molecule has 1 N–H and O–H groups in total. The van der Waals surface area contributed by atoms with Crippen LogP contribution in [-0.2, 0) is 0 Å². The molecule has 1 unspecified atom stereocenters. The van der Waals surface area contributed by atoms with Crippen LogP contribution < -0.4 is 5.32 Å². The average Bonchev–Trinajstić information content (AvgIpc) is 2.18. The van der Waals surface area contributed by atoms with E-state index in [4.69, 9.17) is 0 Å². The van der Waals surface area contributed by atoms with E-state index in [2.05, 4.69) is 17.2 Å². The van der Waals surface area contributed by atoms with Gasteiger partial charge in [-0.05, 0) is 29.2 Å². The van der Waals surface area contributed by atoms with Crippen LogP contribution in [0.5, 0.6) is 0 Å². The van der Waals surface area contributed by atoms with Crippen LogP contribution in [0.15, 0.2) is 18.3 Å². The smallest absolute Gasteiger partial charge is 0.363 e. The standard InChI is InChI=1S/C9H13N3O2S/c1-7(6-15-2)11-8-3-4-9(10-5-8)12(13)14/h3-5,7,11H,6H2,1-2H3. The van der Waals surface area contributed by atoms with Gasteiger partial charge in [-0.1, -0.05) is 0 Å². The van der Waals surface area contributed by atoms with Crippen LogP contribution in [0, 0.1) is 10.1 Å². The minimum atomic E-state index is -0.505. The summed E-state index contributed by atoms with van der Waals surface area (Å²) in [6, 6.07) is 3.39. The zero-order valence-corrected chi connectivity index (χ0v) is 9.45.